The molecule has 2 rings (SSSR count). The lowest BCUT2D eigenvalue weighted by Crippen LogP contribution is -1.98. The van der Waals surface area contributed by atoms with E-state index in [-0.39, 0.29) is 5.43 Å². The number of hydrogen-bond donors (Lipinski definition) is 0. The van der Waals surface area contributed by atoms with E-state index in [1.807, 2.05) is 12.1 Å². The van der Waals surface area contributed by atoms with Gasteiger partial charge in [-0.1, -0.05) is 24.8 Å². The monoisotopic (exact) mass is 172 g/mol. The van der Waals surface area contributed by atoms with Gasteiger partial charge in [0.25, 0.3) is 0 Å². The van der Waals surface area contributed by atoms with Gasteiger partial charge in [0.15, 0.2) is 5.43 Å². The quantitative estimate of drug-likeness (QED) is 0.661. The summed E-state index contributed by atoms with van der Waals surface area (Å²) < 4.78 is 5.24. The lowest BCUT2D eigenvalue weighted by molar-refractivity contribution is 0.602. The van der Waals surface area contributed by atoms with E-state index in [4.69, 9.17) is 4.42 Å². The first kappa shape index (κ1) is 7.80. The van der Waals surface area contributed by atoms with Crippen LogP contribution < -0.4 is 5.43 Å². The second kappa shape index (κ2) is 2.90. The number of benzene rings is 1. The maximum absolute atomic E-state index is 11.4. The number of para-hydroxylation sites is 1. The molecule has 2 heteroatoms. The van der Waals surface area contributed by atoms with Crippen LogP contribution in [-0.2, 0) is 0 Å². The minimum absolute atomic E-state index is 0.0232. The lowest BCUT2D eigenvalue weighted by Gasteiger charge is -1.98. The van der Waals surface area contributed by atoms with Crippen molar-refractivity contribution in [1.82, 2.24) is 0 Å². The summed E-state index contributed by atoms with van der Waals surface area (Å²) in [5.41, 5.74) is 1.42. The molecule has 13 heavy (non-hydrogen) atoms. The Morgan fingerprint density at radius 3 is 2.92 bits per heavy atom. The molecular formula is C11H8O2. The highest BCUT2D eigenvalue weighted by atomic mass is 16.3. The summed E-state index contributed by atoms with van der Waals surface area (Å²) in [7, 11) is 0. The maximum Gasteiger partial charge on any atom is 0.192 e. The summed E-state index contributed by atoms with van der Waals surface area (Å²) in [6.07, 6.45) is 3.07. The average molecular weight is 172 g/mol. The molecule has 0 fully saturated rings. The van der Waals surface area contributed by atoms with Crippen molar-refractivity contribution < 1.29 is 4.42 Å². The molecule has 1 heterocycles. The Bertz CT molecular complexity index is 509. The van der Waals surface area contributed by atoms with Crippen molar-refractivity contribution in [3.63, 3.8) is 0 Å². The van der Waals surface area contributed by atoms with Gasteiger partial charge in [-0.15, -0.1) is 0 Å². The smallest absolute Gasteiger partial charge is 0.192 e. The van der Waals surface area contributed by atoms with E-state index in [0.717, 1.165) is 5.56 Å². The lowest BCUT2D eigenvalue weighted by atomic mass is 10.1. The van der Waals surface area contributed by atoms with Gasteiger partial charge >= 0.3 is 0 Å². The summed E-state index contributed by atoms with van der Waals surface area (Å²) in [6.45, 7) is 3.65. The minimum Gasteiger partial charge on any atom is -0.463 e. The molecule has 0 N–H and O–H groups in total. The van der Waals surface area contributed by atoms with Gasteiger partial charge < -0.3 is 4.42 Å². The molecule has 0 aliphatic rings. The largest absolute Gasteiger partial charge is 0.463 e. The van der Waals surface area contributed by atoms with Gasteiger partial charge in [-0.25, -0.2) is 0 Å². The van der Waals surface area contributed by atoms with Crippen molar-refractivity contribution in [3.8, 4) is 0 Å². The zero-order valence-electron chi connectivity index (χ0n) is 6.99. The molecule has 64 valence electrons. The SMILES string of the molecule is C=Cc1cccc2c(=O)ccoc12. The molecule has 2 nitrogen and oxygen atoms in total. The average Bonchev–Trinajstić information content (AvgIpc) is 2.18. The van der Waals surface area contributed by atoms with Crippen LogP contribution in [0.25, 0.3) is 17.0 Å². The highest BCUT2D eigenvalue weighted by Crippen LogP contribution is 2.15. The van der Waals surface area contributed by atoms with E-state index in [1.165, 1.54) is 12.3 Å². The van der Waals surface area contributed by atoms with Gasteiger partial charge in [-0.3, -0.25) is 4.79 Å². The van der Waals surface area contributed by atoms with Crippen LogP contribution >= 0.6 is 0 Å². The molecule has 0 saturated carbocycles. The Morgan fingerprint density at radius 2 is 2.15 bits per heavy atom. The zero-order chi connectivity index (χ0) is 9.26. The van der Waals surface area contributed by atoms with Crippen molar-refractivity contribution in [2.24, 2.45) is 0 Å². The highest BCUT2D eigenvalue weighted by molar-refractivity contribution is 5.84. The van der Waals surface area contributed by atoms with Crippen LogP contribution in [0.15, 0.2) is 46.3 Å². The van der Waals surface area contributed by atoms with Crippen LogP contribution in [0.4, 0.5) is 0 Å². The van der Waals surface area contributed by atoms with Crippen LogP contribution in [0.1, 0.15) is 5.56 Å². The van der Waals surface area contributed by atoms with E-state index in [2.05, 4.69) is 6.58 Å². The van der Waals surface area contributed by atoms with Crippen molar-refractivity contribution in [3.05, 3.63) is 52.9 Å². The van der Waals surface area contributed by atoms with Gasteiger partial charge in [-0.2, -0.15) is 0 Å². The fourth-order valence-electron chi connectivity index (χ4n) is 1.29. The molecular weight excluding hydrogens is 164 g/mol. The van der Waals surface area contributed by atoms with Crippen LogP contribution in [-0.4, -0.2) is 0 Å². The summed E-state index contributed by atoms with van der Waals surface area (Å²) in [5, 5.41) is 0.597. The third-order valence-electron chi connectivity index (χ3n) is 1.94. The molecule has 0 spiro atoms. The van der Waals surface area contributed by atoms with Crippen LogP contribution in [0, 0.1) is 0 Å². The van der Waals surface area contributed by atoms with Gasteiger partial charge in [0.05, 0.1) is 11.6 Å². The normalized spacial score (nSPS) is 10.2. The molecule has 1 aromatic heterocycles. The number of fused-ring (bicyclic) bond motifs is 1. The summed E-state index contributed by atoms with van der Waals surface area (Å²) in [5.74, 6) is 0. The van der Waals surface area contributed by atoms with Crippen molar-refractivity contribution in [2.45, 2.75) is 0 Å². The van der Waals surface area contributed by atoms with Gasteiger partial charge in [-0.05, 0) is 6.07 Å². The van der Waals surface area contributed by atoms with E-state index >= 15 is 0 Å². The highest BCUT2D eigenvalue weighted by Gasteiger charge is 2.01. The van der Waals surface area contributed by atoms with E-state index < -0.39 is 0 Å². The summed E-state index contributed by atoms with van der Waals surface area (Å²) in [4.78, 5) is 11.4. The topological polar surface area (TPSA) is 30.2 Å². The van der Waals surface area contributed by atoms with Gasteiger partial charge in [0.2, 0.25) is 0 Å². The Labute approximate surface area is 75.1 Å². The van der Waals surface area contributed by atoms with Crippen molar-refractivity contribution >= 4 is 17.0 Å². The zero-order valence-corrected chi connectivity index (χ0v) is 6.99. The Hall–Kier alpha value is -1.83. The molecule has 0 radical (unpaired) electrons. The Balaban J connectivity index is 3.00. The molecule has 0 amide bonds. The third-order valence-corrected chi connectivity index (χ3v) is 1.94. The maximum atomic E-state index is 11.4. The minimum atomic E-state index is -0.0232. The number of rotatable bonds is 1. The standard InChI is InChI=1S/C11H8O2/c1-2-8-4-3-5-9-10(12)6-7-13-11(8)9/h2-7H,1H2. The molecule has 2 aromatic rings. The Kier molecular flexibility index (Phi) is 1.74. The Morgan fingerprint density at radius 1 is 1.31 bits per heavy atom. The summed E-state index contributed by atoms with van der Waals surface area (Å²) >= 11 is 0. The molecule has 0 saturated heterocycles. The fourth-order valence-corrected chi connectivity index (χ4v) is 1.29. The second-order valence-electron chi connectivity index (χ2n) is 2.71. The van der Waals surface area contributed by atoms with Crippen LogP contribution in [0.5, 0.6) is 0 Å². The van der Waals surface area contributed by atoms with E-state index in [1.54, 1.807) is 12.1 Å². The summed E-state index contributed by atoms with van der Waals surface area (Å²) in [6, 6.07) is 6.83. The fraction of sp³-hybridized carbons (Fsp3) is 0. The van der Waals surface area contributed by atoms with E-state index in [0.29, 0.717) is 11.0 Å². The van der Waals surface area contributed by atoms with Crippen LogP contribution in [0.2, 0.25) is 0 Å². The molecule has 0 atom stereocenters. The third kappa shape index (κ3) is 1.16. The molecule has 0 aliphatic carbocycles. The second-order valence-corrected chi connectivity index (χ2v) is 2.71. The van der Waals surface area contributed by atoms with Crippen molar-refractivity contribution in [1.29, 1.82) is 0 Å². The predicted octanol–water partition coefficient (Wildman–Crippen LogP) is 2.44. The van der Waals surface area contributed by atoms with E-state index in [9.17, 15) is 4.79 Å². The predicted molar refractivity (Wildman–Crippen MR) is 52.6 cm³/mol. The molecule has 0 bridgehead atoms. The molecule has 1 aromatic carbocycles. The molecule has 0 aliphatic heterocycles. The van der Waals surface area contributed by atoms with Crippen molar-refractivity contribution in [2.75, 3.05) is 0 Å². The first-order valence-corrected chi connectivity index (χ1v) is 3.96. The first-order valence-electron chi connectivity index (χ1n) is 3.96. The number of hydrogen-bond acceptors (Lipinski definition) is 2. The first-order chi connectivity index (χ1) is 6.33. The van der Waals surface area contributed by atoms with Crippen LogP contribution in [0.3, 0.4) is 0 Å². The van der Waals surface area contributed by atoms with Gasteiger partial charge in [0, 0.05) is 11.6 Å². The molecule has 0 unspecified atom stereocenters. The van der Waals surface area contributed by atoms with Gasteiger partial charge in [0.1, 0.15) is 5.58 Å².